The molecule has 38 heavy (non-hydrogen) atoms. The lowest BCUT2D eigenvalue weighted by atomic mass is 10.0. The normalized spacial score (nSPS) is 13.7. The number of aromatic hydroxyl groups is 1. The van der Waals surface area contributed by atoms with Crippen LogP contribution in [0.25, 0.3) is 11.1 Å². The van der Waals surface area contributed by atoms with E-state index in [9.17, 15) is 19.8 Å². The molecule has 1 heterocycles. The van der Waals surface area contributed by atoms with Crippen molar-refractivity contribution in [1.82, 2.24) is 4.90 Å². The number of aromatic carboxylic acids is 1. The summed E-state index contributed by atoms with van der Waals surface area (Å²) >= 11 is 0. The van der Waals surface area contributed by atoms with Crippen LogP contribution in [0.1, 0.15) is 26.3 Å². The number of phenols is 1. The van der Waals surface area contributed by atoms with E-state index in [4.69, 9.17) is 0 Å². The van der Waals surface area contributed by atoms with Gasteiger partial charge in [-0.3, -0.25) is 9.69 Å². The number of nitrogens with zero attached hydrogens (tertiary/aromatic N) is 2. The number of carbonyl (C=O) groups is 2. The summed E-state index contributed by atoms with van der Waals surface area (Å²) < 4.78 is 0. The summed E-state index contributed by atoms with van der Waals surface area (Å²) in [5.41, 5.74) is 4.04. The van der Waals surface area contributed by atoms with E-state index in [1.54, 1.807) is 18.2 Å². The minimum Gasteiger partial charge on any atom is -0.507 e. The number of rotatable bonds is 7. The van der Waals surface area contributed by atoms with Crippen LogP contribution < -0.4 is 10.2 Å². The van der Waals surface area contributed by atoms with Crippen LogP contribution in [-0.4, -0.2) is 53.2 Å². The van der Waals surface area contributed by atoms with Crippen molar-refractivity contribution < 1.29 is 19.8 Å². The predicted octanol–water partition coefficient (Wildman–Crippen LogP) is 5.33. The first kappa shape index (κ1) is 25.0. The summed E-state index contributed by atoms with van der Waals surface area (Å²) in [6.07, 6.45) is 0. The molecular weight excluding hydrogens is 478 g/mol. The third-order valence-electron chi connectivity index (χ3n) is 6.81. The number of amides is 1. The average Bonchev–Trinajstić information content (AvgIpc) is 2.95. The SMILES string of the molecule is O=C(Nc1cc(-c2ccccc2)ccc1C(=O)O)c1cc(CN2CCN(c3ccccc3)CC2)ccc1O. The number of nitrogens with one attached hydrogen (secondary N) is 1. The maximum absolute atomic E-state index is 13.2. The fourth-order valence-corrected chi connectivity index (χ4v) is 4.76. The topological polar surface area (TPSA) is 93.1 Å². The fraction of sp³-hybridized carbons (Fsp3) is 0.161. The van der Waals surface area contributed by atoms with E-state index in [1.165, 1.54) is 17.8 Å². The Morgan fingerprint density at radius 1 is 0.737 bits per heavy atom. The van der Waals surface area contributed by atoms with E-state index in [0.29, 0.717) is 6.54 Å². The largest absolute Gasteiger partial charge is 0.507 e. The molecule has 192 valence electrons. The Balaban J connectivity index is 1.30. The molecule has 5 rings (SSSR count). The zero-order valence-electron chi connectivity index (χ0n) is 20.9. The number of hydrogen-bond donors (Lipinski definition) is 3. The highest BCUT2D eigenvalue weighted by atomic mass is 16.4. The van der Waals surface area contributed by atoms with Gasteiger partial charge in [0.15, 0.2) is 0 Å². The summed E-state index contributed by atoms with van der Waals surface area (Å²) in [7, 11) is 0. The molecule has 0 aromatic heterocycles. The molecule has 7 heteroatoms. The molecule has 4 aromatic rings. The Labute approximate surface area is 221 Å². The second kappa shape index (κ2) is 11.2. The van der Waals surface area contributed by atoms with Crippen molar-refractivity contribution in [1.29, 1.82) is 0 Å². The zero-order valence-corrected chi connectivity index (χ0v) is 20.9. The molecule has 7 nitrogen and oxygen atoms in total. The van der Waals surface area contributed by atoms with Crippen LogP contribution in [0.4, 0.5) is 11.4 Å². The summed E-state index contributed by atoms with van der Waals surface area (Å²) in [5, 5.41) is 22.9. The third kappa shape index (κ3) is 5.68. The van der Waals surface area contributed by atoms with Gasteiger partial charge in [0.2, 0.25) is 0 Å². The molecule has 1 fully saturated rings. The highest BCUT2D eigenvalue weighted by Crippen LogP contribution is 2.28. The number of anilines is 2. The van der Waals surface area contributed by atoms with E-state index in [2.05, 4.69) is 27.2 Å². The van der Waals surface area contributed by atoms with Gasteiger partial charge in [-0.25, -0.2) is 4.79 Å². The van der Waals surface area contributed by atoms with Crippen molar-refractivity contribution >= 4 is 23.3 Å². The maximum Gasteiger partial charge on any atom is 0.337 e. The van der Waals surface area contributed by atoms with Gasteiger partial charge in [-0.2, -0.15) is 0 Å². The minimum absolute atomic E-state index is 0.0232. The standard InChI is InChI=1S/C31H29N3O4/c35-29-14-11-22(21-33-15-17-34(18-16-33)25-9-5-2-6-10-25)19-27(29)30(36)32-28-20-24(12-13-26(28)31(37)38)23-7-3-1-4-8-23/h1-14,19-20,35H,15-18,21H2,(H,32,36)(H,37,38). The Kier molecular flexibility index (Phi) is 7.38. The quantitative estimate of drug-likeness (QED) is 0.313. The van der Waals surface area contributed by atoms with Gasteiger partial charge in [0, 0.05) is 38.4 Å². The van der Waals surface area contributed by atoms with E-state index in [1.807, 2.05) is 54.6 Å². The van der Waals surface area contributed by atoms with E-state index in [-0.39, 0.29) is 22.6 Å². The molecule has 0 aliphatic carbocycles. The molecule has 0 spiro atoms. The first-order valence-corrected chi connectivity index (χ1v) is 12.6. The van der Waals surface area contributed by atoms with Crippen LogP contribution in [0.2, 0.25) is 0 Å². The number of hydrogen-bond acceptors (Lipinski definition) is 5. The number of carboxylic acids is 1. The molecule has 1 aliphatic rings. The van der Waals surface area contributed by atoms with Gasteiger partial charge in [-0.1, -0.05) is 60.7 Å². The third-order valence-corrected chi connectivity index (χ3v) is 6.81. The average molecular weight is 508 g/mol. The number of carbonyl (C=O) groups excluding carboxylic acids is 1. The summed E-state index contributed by atoms with van der Waals surface area (Å²) in [4.78, 5) is 29.7. The Morgan fingerprint density at radius 3 is 2.11 bits per heavy atom. The summed E-state index contributed by atoms with van der Waals surface area (Å²) in [5.74, 6) is -1.87. The van der Waals surface area contributed by atoms with Crippen molar-refractivity contribution in [2.75, 3.05) is 36.4 Å². The molecule has 3 N–H and O–H groups in total. The molecule has 1 saturated heterocycles. The smallest absolute Gasteiger partial charge is 0.337 e. The van der Waals surface area contributed by atoms with Crippen molar-refractivity contribution in [3.8, 4) is 16.9 Å². The zero-order chi connectivity index (χ0) is 26.5. The molecule has 0 atom stereocenters. The summed E-state index contributed by atoms with van der Waals surface area (Å²) in [6, 6.07) is 29.7. The van der Waals surface area contributed by atoms with Gasteiger partial charge < -0.3 is 20.4 Å². The van der Waals surface area contributed by atoms with E-state index >= 15 is 0 Å². The Hall–Kier alpha value is -4.62. The predicted molar refractivity (Wildman–Crippen MR) is 149 cm³/mol. The van der Waals surface area contributed by atoms with Crippen molar-refractivity contribution in [3.05, 3.63) is 114 Å². The molecule has 0 saturated carbocycles. The molecule has 0 unspecified atom stereocenters. The number of para-hydroxylation sites is 1. The maximum atomic E-state index is 13.2. The molecule has 0 radical (unpaired) electrons. The first-order chi connectivity index (χ1) is 18.5. The fourth-order valence-electron chi connectivity index (χ4n) is 4.76. The minimum atomic E-state index is -1.15. The molecule has 0 bridgehead atoms. The van der Waals surface area contributed by atoms with Crippen molar-refractivity contribution in [2.45, 2.75) is 6.54 Å². The van der Waals surface area contributed by atoms with Crippen molar-refractivity contribution in [3.63, 3.8) is 0 Å². The summed E-state index contributed by atoms with van der Waals surface area (Å²) in [6.45, 7) is 4.22. The van der Waals surface area contributed by atoms with Gasteiger partial charge >= 0.3 is 5.97 Å². The van der Waals surface area contributed by atoms with Gasteiger partial charge in [0.1, 0.15) is 5.75 Å². The number of phenolic OH excluding ortho intramolecular Hbond substituents is 1. The number of carboxylic acid groups (broad SMARTS) is 1. The first-order valence-electron chi connectivity index (χ1n) is 12.6. The van der Waals surface area contributed by atoms with Gasteiger partial charge in [0.25, 0.3) is 5.91 Å². The second-order valence-electron chi connectivity index (χ2n) is 9.34. The van der Waals surface area contributed by atoms with Crippen LogP contribution in [0, 0.1) is 0 Å². The van der Waals surface area contributed by atoms with Gasteiger partial charge in [0.05, 0.1) is 16.8 Å². The van der Waals surface area contributed by atoms with E-state index < -0.39 is 11.9 Å². The lowest BCUT2D eigenvalue weighted by molar-refractivity contribution is 0.0698. The highest BCUT2D eigenvalue weighted by molar-refractivity contribution is 6.09. The lowest BCUT2D eigenvalue weighted by Gasteiger charge is -2.36. The van der Waals surface area contributed by atoms with E-state index in [0.717, 1.165) is 42.9 Å². The molecular formula is C31H29N3O4. The molecule has 4 aromatic carbocycles. The van der Waals surface area contributed by atoms with Gasteiger partial charge in [-0.15, -0.1) is 0 Å². The second-order valence-corrected chi connectivity index (χ2v) is 9.34. The monoisotopic (exact) mass is 507 g/mol. The number of benzene rings is 4. The van der Waals surface area contributed by atoms with Crippen LogP contribution >= 0.6 is 0 Å². The number of piperazine rings is 1. The van der Waals surface area contributed by atoms with Gasteiger partial charge in [-0.05, 0) is 53.1 Å². The Bertz CT molecular complexity index is 1430. The Morgan fingerprint density at radius 2 is 1.42 bits per heavy atom. The van der Waals surface area contributed by atoms with Crippen molar-refractivity contribution in [2.24, 2.45) is 0 Å². The molecule has 1 aliphatic heterocycles. The van der Waals surface area contributed by atoms with Crippen LogP contribution in [0.15, 0.2) is 97.1 Å². The lowest BCUT2D eigenvalue weighted by Crippen LogP contribution is -2.45. The molecule has 1 amide bonds. The van der Waals surface area contributed by atoms with Crippen LogP contribution in [-0.2, 0) is 6.54 Å². The highest BCUT2D eigenvalue weighted by Gasteiger charge is 2.20. The van der Waals surface area contributed by atoms with Crippen LogP contribution in [0.5, 0.6) is 5.75 Å². The van der Waals surface area contributed by atoms with Crippen LogP contribution in [0.3, 0.4) is 0 Å².